The van der Waals surface area contributed by atoms with Crippen molar-refractivity contribution in [1.82, 2.24) is 5.32 Å². The Morgan fingerprint density at radius 1 is 1.29 bits per heavy atom. The van der Waals surface area contributed by atoms with E-state index in [4.69, 9.17) is 11.6 Å². The van der Waals surface area contributed by atoms with E-state index in [1.54, 1.807) is 12.1 Å². The van der Waals surface area contributed by atoms with Crippen molar-refractivity contribution in [2.24, 2.45) is 0 Å². The maximum atomic E-state index is 13.8. The predicted octanol–water partition coefficient (Wildman–Crippen LogP) is 2.72. The van der Waals surface area contributed by atoms with E-state index in [1.807, 2.05) is 0 Å². The van der Waals surface area contributed by atoms with Gasteiger partial charge in [-0.15, -0.1) is 0 Å². The molecule has 7 heteroatoms. The van der Waals surface area contributed by atoms with Crippen molar-refractivity contribution >= 4 is 29.1 Å². The maximum Gasteiger partial charge on any atom is 0.251 e. The molecule has 24 heavy (non-hydrogen) atoms. The van der Waals surface area contributed by atoms with E-state index >= 15 is 0 Å². The third-order valence-corrected chi connectivity index (χ3v) is 4.17. The van der Waals surface area contributed by atoms with Gasteiger partial charge in [-0.3, -0.25) is 9.59 Å². The van der Waals surface area contributed by atoms with Crippen LogP contribution in [0.1, 0.15) is 16.8 Å². The Bertz CT molecular complexity index is 812. The third-order valence-electron chi connectivity index (χ3n) is 3.86. The van der Waals surface area contributed by atoms with Gasteiger partial charge in [0, 0.05) is 12.1 Å². The van der Waals surface area contributed by atoms with Gasteiger partial charge in [-0.1, -0.05) is 23.7 Å². The minimum Gasteiger partial charge on any atom is -0.506 e. The average molecular weight is 349 g/mol. The Morgan fingerprint density at radius 2 is 2.04 bits per heavy atom. The second-order valence-corrected chi connectivity index (χ2v) is 5.83. The number of carbonyl (C=O) groups is 2. The first-order chi connectivity index (χ1) is 11.5. The molecule has 2 aromatic rings. The molecule has 1 aliphatic heterocycles. The van der Waals surface area contributed by atoms with Gasteiger partial charge in [0.05, 0.1) is 10.7 Å². The van der Waals surface area contributed by atoms with Gasteiger partial charge in [0.2, 0.25) is 5.91 Å². The van der Waals surface area contributed by atoms with E-state index in [0.717, 1.165) is 0 Å². The van der Waals surface area contributed by atoms with Crippen molar-refractivity contribution in [3.05, 3.63) is 58.9 Å². The molecular formula is C17H14ClFN2O3. The van der Waals surface area contributed by atoms with Gasteiger partial charge in [-0.25, -0.2) is 4.39 Å². The molecule has 0 aromatic heterocycles. The fraction of sp³-hybridized carbons (Fsp3) is 0.176. The first kappa shape index (κ1) is 16.3. The van der Waals surface area contributed by atoms with Crippen LogP contribution in [-0.2, 0) is 4.79 Å². The predicted molar refractivity (Wildman–Crippen MR) is 87.7 cm³/mol. The number of halogens is 2. The lowest BCUT2D eigenvalue weighted by molar-refractivity contribution is -0.118. The molecule has 2 aromatic carbocycles. The highest BCUT2D eigenvalue weighted by Gasteiger charge is 2.34. The fourth-order valence-electron chi connectivity index (χ4n) is 2.61. The second kappa shape index (κ2) is 6.49. The van der Waals surface area contributed by atoms with E-state index in [1.165, 1.54) is 35.2 Å². The van der Waals surface area contributed by atoms with Gasteiger partial charge >= 0.3 is 0 Å². The summed E-state index contributed by atoms with van der Waals surface area (Å²) >= 11 is 5.78. The Balaban J connectivity index is 1.73. The van der Waals surface area contributed by atoms with Crippen molar-refractivity contribution in [2.75, 3.05) is 11.4 Å². The van der Waals surface area contributed by atoms with Gasteiger partial charge < -0.3 is 15.3 Å². The monoisotopic (exact) mass is 348 g/mol. The zero-order valence-corrected chi connectivity index (χ0v) is 13.3. The quantitative estimate of drug-likeness (QED) is 0.896. The summed E-state index contributed by atoms with van der Waals surface area (Å²) in [5.41, 5.74) is 0.432. The van der Waals surface area contributed by atoms with Crippen LogP contribution in [0.2, 0.25) is 5.02 Å². The normalized spacial score (nSPS) is 17.2. The van der Waals surface area contributed by atoms with Crippen molar-refractivity contribution < 1.29 is 19.1 Å². The van der Waals surface area contributed by atoms with Crippen molar-refractivity contribution in [1.29, 1.82) is 0 Å². The van der Waals surface area contributed by atoms with Crippen molar-refractivity contribution in [2.45, 2.75) is 12.5 Å². The molecule has 5 nitrogen and oxygen atoms in total. The zero-order valence-electron chi connectivity index (χ0n) is 12.5. The first-order valence-electron chi connectivity index (χ1n) is 7.32. The van der Waals surface area contributed by atoms with Crippen LogP contribution in [0, 0.1) is 5.82 Å². The number of aromatic hydroxyl groups is 1. The zero-order chi connectivity index (χ0) is 17.3. The molecule has 2 amide bonds. The van der Waals surface area contributed by atoms with Crippen molar-refractivity contribution in [3.63, 3.8) is 0 Å². The number of carbonyl (C=O) groups excluding carboxylic acids is 2. The molecule has 1 aliphatic rings. The van der Waals surface area contributed by atoms with Gasteiger partial charge in [0.15, 0.2) is 0 Å². The van der Waals surface area contributed by atoms with Crippen LogP contribution in [-0.4, -0.2) is 29.5 Å². The number of hydrogen-bond donors (Lipinski definition) is 2. The summed E-state index contributed by atoms with van der Waals surface area (Å²) < 4.78 is 13.8. The van der Waals surface area contributed by atoms with Crippen LogP contribution >= 0.6 is 11.6 Å². The smallest absolute Gasteiger partial charge is 0.251 e. The summed E-state index contributed by atoms with van der Waals surface area (Å²) in [6, 6.07) is 9.31. The number of anilines is 1. The molecule has 1 atom stereocenters. The summed E-state index contributed by atoms with van der Waals surface area (Å²) in [5, 5.41) is 12.0. The number of phenols is 1. The minimum absolute atomic E-state index is 0.0494. The number of phenolic OH excluding ortho intramolecular Hbond substituents is 1. The molecule has 2 N–H and O–H groups in total. The Kier molecular flexibility index (Phi) is 4.40. The Labute approximate surface area is 142 Å². The second-order valence-electron chi connectivity index (χ2n) is 5.42. The van der Waals surface area contributed by atoms with Crippen LogP contribution in [0.25, 0.3) is 0 Å². The van der Waals surface area contributed by atoms with E-state index in [9.17, 15) is 19.1 Å². The number of benzene rings is 2. The minimum atomic E-state index is -0.732. The highest BCUT2D eigenvalue weighted by Crippen LogP contribution is 2.26. The average Bonchev–Trinajstić information content (AvgIpc) is 2.91. The Morgan fingerprint density at radius 3 is 2.75 bits per heavy atom. The Hall–Kier alpha value is -2.60. The van der Waals surface area contributed by atoms with Crippen molar-refractivity contribution in [3.8, 4) is 5.75 Å². The summed E-state index contributed by atoms with van der Waals surface area (Å²) in [6.07, 6.45) is 0.380. The molecule has 124 valence electrons. The summed E-state index contributed by atoms with van der Waals surface area (Å²) in [5.74, 6) is -1.46. The summed E-state index contributed by atoms with van der Waals surface area (Å²) in [6.45, 7) is 0.320. The molecule has 0 aliphatic carbocycles. The van der Waals surface area contributed by atoms with Crippen LogP contribution in [0.5, 0.6) is 5.75 Å². The molecule has 0 spiro atoms. The number of nitrogens with zero attached hydrogens (tertiary/aromatic N) is 1. The fourth-order valence-corrected chi connectivity index (χ4v) is 2.79. The molecule has 1 unspecified atom stereocenters. The van der Waals surface area contributed by atoms with E-state index in [-0.39, 0.29) is 27.9 Å². The van der Waals surface area contributed by atoms with Gasteiger partial charge in [0.25, 0.3) is 5.91 Å². The maximum absolute atomic E-state index is 13.8. The molecule has 0 radical (unpaired) electrons. The van der Waals surface area contributed by atoms with E-state index in [0.29, 0.717) is 13.0 Å². The van der Waals surface area contributed by atoms with Crippen LogP contribution in [0.15, 0.2) is 42.5 Å². The molecule has 3 rings (SSSR count). The first-order valence-corrected chi connectivity index (χ1v) is 7.70. The summed E-state index contributed by atoms with van der Waals surface area (Å²) in [7, 11) is 0. The number of rotatable bonds is 3. The van der Waals surface area contributed by atoms with Crippen LogP contribution < -0.4 is 10.2 Å². The third kappa shape index (κ3) is 3.05. The molecule has 1 saturated heterocycles. The topological polar surface area (TPSA) is 69.6 Å². The highest BCUT2D eigenvalue weighted by atomic mass is 35.5. The molecule has 0 bridgehead atoms. The van der Waals surface area contributed by atoms with E-state index < -0.39 is 17.8 Å². The van der Waals surface area contributed by atoms with Crippen LogP contribution in [0.4, 0.5) is 10.1 Å². The van der Waals surface area contributed by atoms with Gasteiger partial charge in [0.1, 0.15) is 17.6 Å². The summed E-state index contributed by atoms with van der Waals surface area (Å²) in [4.78, 5) is 26.0. The van der Waals surface area contributed by atoms with Crippen LogP contribution in [0.3, 0.4) is 0 Å². The standard InChI is InChI=1S/C17H14ClFN2O3/c18-11-9-10(5-6-15(11)22)16(23)20-13-7-8-21(17(13)24)14-4-2-1-3-12(14)19/h1-6,9,13,22H,7-8H2,(H,20,23). The lowest BCUT2D eigenvalue weighted by Crippen LogP contribution is -2.41. The molecule has 1 fully saturated rings. The number of nitrogens with one attached hydrogen (secondary N) is 1. The number of hydrogen-bond acceptors (Lipinski definition) is 3. The number of amides is 2. The number of para-hydroxylation sites is 1. The molecule has 1 heterocycles. The van der Waals surface area contributed by atoms with E-state index in [2.05, 4.69) is 5.32 Å². The largest absolute Gasteiger partial charge is 0.506 e. The SMILES string of the molecule is O=C(NC1CCN(c2ccccc2F)C1=O)c1ccc(O)c(Cl)c1. The lowest BCUT2D eigenvalue weighted by Gasteiger charge is -2.18. The highest BCUT2D eigenvalue weighted by molar-refractivity contribution is 6.32. The van der Waals surface area contributed by atoms with Gasteiger partial charge in [-0.2, -0.15) is 0 Å². The van der Waals surface area contributed by atoms with Gasteiger partial charge in [-0.05, 0) is 36.8 Å². The molecular weight excluding hydrogens is 335 g/mol. The lowest BCUT2D eigenvalue weighted by atomic mass is 10.1. The molecule has 0 saturated carbocycles.